The van der Waals surface area contributed by atoms with Crippen molar-refractivity contribution >= 4 is 60.5 Å². The van der Waals surface area contributed by atoms with E-state index in [-0.39, 0.29) is 0 Å². The van der Waals surface area contributed by atoms with Gasteiger partial charge in [-0.3, -0.25) is 0 Å². The minimum absolute atomic E-state index is 0.908. The Hall–Kier alpha value is -7.68. The van der Waals surface area contributed by atoms with Crippen LogP contribution in [-0.2, 0) is 0 Å². The van der Waals surface area contributed by atoms with E-state index in [0.717, 1.165) is 44.4 Å². The maximum atomic E-state index is 6.47. The molecule has 0 radical (unpaired) electrons. The first-order valence-electron chi connectivity index (χ1n) is 19.9. The smallest absolute Gasteiger partial charge is 0.143 e. The van der Waals surface area contributed by atoms with Gasteiger partial charge in [-0.05, 0) is 115 Å². The predicted octanol–water partition coefficient (Wildman–Crippen LogP) is 16.0. The third kappa shape index (κ3) is 5.12. The highest BCUT2D eigenvalue weighted by molar-refractivity contribution is 6.20. The Kier molecular flexibility index (Phi) is 7.26. The van der Waals surface area contributed by atoms with Crippen LogP contribution in [0.5, 0.6) is 0 Å². The summed E-state index contributed by atoms with van der Waals surface area (Å²) in [7, 11) is 0. The van der Waals surface area contributed by atoms with Crippen molar-refractivity contribution in [2.45, 2.75) is 0 Å². The van der Waals surface area contributed by atoms with Crippen LogP contribution in [0.2, 0.25) is 0 Å². The van der Waals surface area contributed by atoms with Crippen molar-refractivity contribution in [3.8, 4) is 55.6 Å². The van der Waals surface area contributed by atoms with Gasteiger partial charge in [0.25, 0.3) is 0 Å². The summed E-state index contributed by atoms with van der Waals surface area (Å²) in [6, 6.07) is 76.9. The molecule has 0 aliphatic heterocycles. The SMILES string of the molecule is c1ccc(-c2ccc(N(c3ccc(-c4cccc5c4oc4ccccc45)cc3)c3c4c(cc5ccccc35)-c3cc5cc(-c6ccccc6)ccc5cc3-4)cc2)cc1. The summed E-state index contributed by atoms with van der Waals surface area (Å²) in [6.07, 6.45) is 0. The summed E-state index contributed by atoms with van der Waals surface area (Å²) >= 11 is 0. The zero-order valence-electron chi connectivity index (χ0n) is 31.6. The molecule has 0 atom stereocenters. The topological polar surface area (TPSA) is 16.4 Å². The normalized spacial score (nSPS) is 11.8. The molecule has 0 fully saturated rings. The Balaban J connectivity index is 1.04. The first-order chi connectivity index (χ1) is 28.7. The van der Waals surface area contributed by atoms with Crippen molar-refractivity contribution in [2.24, 2.45) is 0 Å². The lowest BCUT2D eigenvalue weighted by Crippen LogP contribution is -2.15. The van der Waals surface area contributed by atoms with Gasteiger partial charge in [-0.15, -0.1) is 0 Å². The number of furan rings is 1. The molecule has 1 aliphatic carbocycles. The molecule has 0 unspecified atom stereocenters. The van der Waals surface area contributed by atoms with E-state index in [1.807, 2.05) is 12.1 Å². The number of fused-ring (bicyclic) bond motifs is 9. The van der Waals surface area contributed by atoms with E-state index in [1.54, 1.807) is 0 Å². The van der Waals surface area contributed by atoms with Crippen LogP contribution in [0.25, 0.3) is 99.1 Å². The van der Waals surface area contributed by atoms with Crippen molar-refractivity contribution in [3.05, 3.63) is 212 Å². The van der Waals surface area contributed by atoms with E-state index in [0.29, 0.717) is 0 Å². The van der Waals surface area contributed by atoms with Gasteiger partial charge in [0.05, 0.1) is 5.69 Å². The van der Waals surface area contributed by atoms with E-state index >= 15 is 0 Å². The number of hydrogen-bond donors (Lipinski definition) is 0. The molecular formula is C56H35NO. The Labute approximate surface area is 336 Å². The molecule has 1 heterocycles. The van der Waals surface area contributed by atoms with Gasteiger partial charge in [0.1, 0.15) is 11.2 Å². The predicted molar refractivity (Wildman–Crippen MR) is 244 cm³/mol. The Morgan fingerprint density at radius 3 is 1.64 bits per heavy atom. The van der Waals surface area contributed by atoms with E-state index in [2.05, 4.69) is 205 Å². The fourth-order valence-electron chi connectivity index (χ4n) is 9.13. The van der Waals surface area contributed by atoms with Gasteiger partial charge in [0.2, 0.25) is 0 Å². The number of benzene rings is 10. The summed E-state index contributed by atoms with van der Waals surface area (Å²) in [5.41, 5.74) is 17.4. The Bertz CT molecular complexity index is 3360. The van der Waals surface area contributed by atoms with Gasteiger partial charge in [0, 0.05) is 38.7 Å². The van der Waals surface area contributed by atoms with Crippen molar-refractivity contribution in [2.75, 3.05) is 4.90 Å². The van der Waals surface area contributed by atoms with Crippen LogP contribution < -0.4 is 4.90 Å². The molecule has 1 aliphatic rings. The molecule has 2 heteroatoms. The monoisotopic (exact) mass is 737 g/mol. The summed E-state index contributed by atoms with van der Waals surface area (Å²) < 4.78 is 6.47. The van der Waals surface area contributed by atoms with Crippen LogP contribution in [0.3, 0.4) is 0 Å². The lowest BCUT2D eigenvalue weighted by Gasteiger charge is -2.35. The highest BCUT2D eigenvalue weighted by Crippen LogP contribution is 2.58. The second-order valence-electron chi connectivity index (χ2n) is 15.3. The molecule has 2 nitrogen and oxygen atoms in total. The summed E-state index contributed by atoms with van der Waals surface area (Å²) in [5, 5.41) is 7.21. The van der Waals surface area contributed by atoms with Crippen molar-refractivity contribution in [3.63, 3.8) is 0 Å². The fourth-order valence-corrected chi connectivity index (χ4v) is 9.13. The van der Waals surface area contributed by atoms with Crippen LogP contribution in [0.4, 0.5) is 17.1 Å². The number of nitrogens with zero attached hydrogens (tertiary/aromatic N) is 1. The van der Waals surface area contributed by atoms with E-state index in [1.165, 1.54) is 71.7 Å². The molecule has 0 saturated heterocycles. The summed E-state index contributed by atoms with van der Waals surface area (Å²) in [6.45, 7) is 0. The van der Waals surface area contributed by atoms with Crippen LogP contribution in [0.15, 0.2) is 217 Å². The molecule has 1 aromatic heterocycles. The van der Waals surface area contributed by atoms with Gasteiger partial charge in [-0.25, -0.2) is 0 Å². The average Bonchev–Trinajstić information content (AvgIpc) is 3.68. The van der Waals surface area contributed by atoms with Gasteiger partial charge < -0.3 is 9.32 Å². The number of para-hydroxylation sites is 2. The third-order valence-corrected chi connectivity index (χ3v) is 12.0. The highest BCUT2D eigenvalue weighted by Gasteiger charge is 2.31. The largest absolute Gasteiger partial charge is 0.455 e. The second kappa shape index (κ2) is 12.9. The Morgan fingerprint density at radius 1 is 0.310 bits per heavy atom. The molecule has 11 aromatic rings. The molecule has 0 amide bonds. The van der Waals surface area contributed by atoms with E-state index in [9.17, 15) is 0 Å². The highest BCUT2D eigenvalue weighted by atomic mass is 16.3. The van der Waals surface area contributed by atoms with Crippen molar-refractivity contribution < 1.29 is 4.42 Å². The third-order valence-electron chi connectivity index (χ3n) is 12.0. The minimum atomic E-state index is 0.908. The van der Waals surface area contributed by atoms with Crippen LogP contribution >= 0.6 is 0 Å². The van der Waals surface area contributed by atoms with Crippen molar-refractivity contribution in [1.29, 1.82) is 0 Å². The molecule has 58 heavy (non-hydrogen) atoms. The average molecular weight is 738 g/mol. The molecule has 0 saturated carbocycles. The molecule has 0 N–H and O–H groups in total. The Morgan fingerprint density at radius 2 is 0.879 bits per heavy atom. The van der Waals surface area contributed by atoms with Gasteiger partial charge >= 0.3 is 0 Å². The maximum absolute atomic E-state index is 6.47. The number of rotatable bonds is 6. The lowest BCUT2D eigenvalue weighted by molar-refractivity contribution is 0.670. The van der Waals surface area contributed by atoms with Crippen LogP contribution in [-0.4, -0.2) is 0 Å². The van der Waals surface area contributed by atoms with Crippen LogP contribution in [0.1, 0.15) is 0 Å². The van der Waals surface area contributed by atoms with Crippen LogP contribution in [0, 0.1) is 0 Å². The second-order valence-corrected chi connectivity index (χ2v) is 15.3. The first-order valence-corrected chi connectivity index (χ1v) is 19.9. The zero-order valence-corrected chi connectivity index (χ0v) is 31.6. The van der Waals surface area contributed by atoms with E-state index in [4.69, 9.17) is 4.42 Å². The fraction of sp³-hybridized carbons (Fsp3) is 0. The maximum Gasteiger partial charge on any atom is 0.143 e. The van der Waals surface area contributed by atoms with E-state index < -0.39 is 0 Å². The zero-order chi connectivity index (χ0) is 38.2. The molecule has 12 rings (SSSR count). The van der Waals surface area contributed by atoms with Crippen molar-refractivity contribution in [1.82, 2.24) is 0 Å². The number of anilines is 3. The minimum Gasteiger partial charge on any atom is -0.455 e. The standard InChI is InChI=1S/C56H35NO/c1-3-12-36(13-4-1)38-24-28-44(29-25-38)57(45-30-26-39(27-31-45)47-19-11-20-49-48-18-9-10-21-53(48)58-56(47)49)55-46-17-8-7-16-42(46)34-52-50-35-43-32-40(37-14-5-2-6-15-37)22-23-41(43)33-51(50)54(52)55/h1-35H. The van der Waals surface area contributed by atoms with Gasteiger partial charge in [-0.1, -0.05) is 158 Å². The molecule has 270 valence electrons. The number of hydrogen-bond acceptors (Lipinski definition) is 2. The van der Waals surface area contributed by atoms with Gasteiger partial charge in [-0.2, -0.15) is 0 Å². The summed E-state index contributed by atoms with van der Waals surface area (Å²) in [4.78, 5) is 2.47. The molecule has 10 aromatic carbocycles. The quantitative estimate of drug-likeness (QED) is 0.169. The molecule has 0 bridgehead atoms. The molecule has 0 spiro atoms. The van der Waals surface area contributed by atoms with Gasteiger partial charge in [0.15, 0.2) is 0 Å². The lowest BCUT2D eigenvalue weighted by atomic mass is 9.76. The first kappa shape index (κ1) is 32.6. The molecular weight excluding hydrogens is 703 g/mol. The summed E-state index contributed by atoms with van der Waals surface area (Å²) in [5.74, 6) is 0.